The van der Waals surface area contributed by atoms with Crippen LogP contribution in [0.5, 0.6) is 0 Å². The molecule has 0 N–H and O–H groups in total. The standard InChI is InChI=1S/C8H5I2N4/c9-7-6(4-11-5-13-7)8-12-2-1-3-14(8)10/h1-5H/q+1. The van der Waals surface area contributed by atoms with Gasteiger partial charge in [0.25, 0.3) is 0 Å². The highest BCUT2D eigenvalue weighted by atomic mass is 127. The lowest BCUT2D eigenvalue weighted by Gasteiger charge is -1.96. The first-order valence-corrected chi connectivity index (χ1v) is 5.82. The maximum absolute atomic E-state index is 4.28. The summed E-state index contributed by atoms with van der Waals surface area (Å²) in [5.41, 5.74) is 0.947. The molecule has 0 saturated carbocycles. The Morgan fingerprint density at radius 1 is 1.29 bits per heavy atom. The Kier molecular flexibility index (Phi) is 3.21. The van der Waals surface area contributed by atoms with Gasteiger partial charge in [0.2, 0.25) is 22.9 Å². The van der Waals surface area contributed by atoms with Crippen LogP contribution in [0.1, 0.15) is 0 Å². The fourth-order valence-electron chi connectivity index (χ4n) is 1.00. The second kappa shape index (κ2) is 4.43. The molecular formula is C8H5I2N4+. The number of nitrogens with zero attached hydrogens (tertiary/aromatic N) is 4. The van der Waals surface area contributed by atoms with E-state index in [0.717, 1.165) is 15.1 Å². The van der Waals surface area contributed by atoms with Gasteiger partial charge in [0.1, 0.15) is 28.0 Å². The fraction of sp³-hybridized carbons (Fsp3) is 0. The highest BCUT2D eigenvalue weighted by molar-refractivity contribution is 14.1. The average molecular weight is 411 g/mol. The van der Waals surface area contributed by atoms with E-state index in [-0.39, 0.29) is 0 Å². The molecule has 0 amide bonds. The Hall–Kier alpha value is -0.380. The van der Waals surface area contributed by atoms with Crippen molar-refractivity contribution in [2.45, 2.75) is 0 Å². The van der Waals surface area contributed by atoms with E-state index < -0.39 is 0 Å². The van der Waals surface area contributed by atoms with Crippen LogP contribution in [0.25, 0.3) is 11.4 Å². The number of aromatic nitrogens is 4. The van der Waals surface area contributed by atoms with Crippen LogP contribution in [-0.2, 0) is 0 Å². The van der Waals surface area contributed by atoms with Crippen molar-refractivity contribution in [1.82, 2.24) is 15.0 Å². The number of hydrogen-bond donors (Lipinski definition) is 0. The van der Waals surface area contributed by atoms with Gasteiger partial charge in [0, 0.05) is 12.3 Å². The van der Waals surface area contributed by atoms with Gasteiger partial charge in [-0.15, -0.1) is 0 Å². The Morgan fingerprint density at radius 3 is 2.86 bits per heavy atom. The summed E-state index contributed by atoms with van der Waals surface area (Å²) in [6.07, 6.45) is 7.00. The van der Waals surface area contributed by atoms with Crippen molar-refractivity contribution in [2.75, 3.05) is 0 Å². The number of hydrogen-bond acceptors (Lipinski definition) is 3. The molecule has 2 aromatic rings. The zero-order valence-corrected chi connectivity index (χ0v) is 11.2. The van der Waals surface area contributed by atoms with Crippen LogP contribution in [-0.4, -0.2) is 15.0 Å². The smallest absolute Gasteiger partial charge is 0.244 e. The van der Waals surface area contributed by atoms with Gasteiger partial charge in [-0.1, -0.05) is 0 Å². The molecule has 2 heterocycles. The summed E-state index contributed by atoms with van der Waals surface area (Å²) in [5.74, 6) is 0.859. The molecule has 0 atom stereocenters. The van der Waals surface area contributed by atoms with Crippen molar-refractivity contribution < 1.29 is 2.78 Å². The predicted octanol–water partition coefficient (Wildman–Crippen LogP) is 1.63. The summed E-state index contributed by atoms with van der Waals surface area (Å²) >= 11 is 4.35. The fourth-order valence-corrected chi connectivity index (χ4v) is 2.08. The third-order valence-corrected chi connectivity index (χ3v) is 3.24. The van der Waals surface area contributed by atoms with Gasteiger partial charge in [0.05, 0.1) is 0 Å². The van der Waals surface area contributed by atoms with Crippen LogP contribution in [0, 0.1) is 3.70 Å². The highest BCUT2D eigenvalue weighted by Gasteiger charge is 2.16. The van der Waals surface area contributed by atoms with E-state index in [2.05, 4.69) is 60.4 Å². The summed E-state index contributed by atoms with van der Waals surface area (Å²) < 4.78 is 2.82. The lowest BCUT2D eigenvalue weighted by Crippen LogP contribution is -2.23. The van der Waals surface area contributed by atoms with E-state index in [1.807, 2.05) is 15.0 Å². The Labute approximate surface area is 108 Å². The summed E-state index contributed by atoms with van der Waals surface area (Å²) in [6, 6.07) is 1.88. The van der Waals surface area contributed by atoms with E-state index in [4.69, 9.17) is 0 Å². The van der Waals surface area contributed by atoms with E-state index in [9.17, 15) is 0 Å². The quantitative estimate of drug-likeness (QED) is 0.530. The van der Waals surface area contributed by atoms with Gasteiger partial charge in [0.15, 0.2) is 0 Å². The van der Waals surface area contributed by atoms with Crippen molar-refractivity contribution >= 4 is 45.5 Å². The first-order chi connectivity index (χ1) is 6.79. The van der Waals surface area contributed by atoms with Gasteiger partial charge in [-0.05, 0) is 27.6 Å². The number of halogens is 2. The minimum atomic E-state index is 0.859. The van der Waals surface area contributed by atoms with Crippen molar-refractivity contribution in [1.29, 1.82) is 0 Å². The second-order valence-electron chi connectivity index (χ2n) is 2.48. The summed E-state index contributed by atoms with van der Waals surface area (Å²) in [7, 11) is 0. The van der Waals surface area contributed by atoms with Crippen molar-refractivity contribution in [2.24, 2.45) is 0 Å². The predicted molar refractivity (Wildman–Crippen MR) is 67.6 cm³/mol. The van der Waals surface area contributed by atoms with Crippen molar-refractivity contribution in [3.63, 3.8) is 0 Å². The largest absolute Gasteiger partial charge is 0.342 e. The van der Waals surface area contributed by atoms with Gasteiger partial charge in [-0.2, -0.15) is 2.78 Å². The molecule has 0 fully saturated rings. The third kappa shape index (κ3) is 2.00. The van der Waals surface area contributed by atoms with Crippen LogP contribution in [0.4, 0.5) is 0 Å². The van der Waals surface area contributed by atoms with Crippen LogP contribution in [0.15, 0.2) is 31.0 Å². The lowest BCUT2D eigenvalue weighted by atomic mass is 10.3. The van der Waals surface area contributed by atoms with Crippen LogP contribution >= 0.6 is 45.5 Å². The molecule has 0 unspecified atom stereocenters. The highest BCUT2D eigenvalue weighted by Crippen LogP contribution is 2.17. The third-order valence-electron chi connectivity index (χ3n) is 1.61. The molecule has 6 heteroatoms. The van der Waals surface area contributed by atoms with Crippen molar-refractivity contribution in [3.8, 4) is 11.4 Å². The van der Waals surface area contributed by atoms with Crippen LogP contribution in [0.3, 0.4) is 0 Å². The monoisotopic (exact) mass is 411 g/mol. The molecule has 0 aliphatic rings. The molecule has 0 bridgehead atoms. The first kappa shape index (κ1) is 10.1. The normalized spacial score (nSPS) is 10.1. The molecule has 0 aliphatic heterocycles. The van der Waals surface area contributed by atoms with Gasteiger partial charge in [-0.25, -0.2) is 9.97 Å². The summed E-state index contributed by atoms with van der Waals surface area (Å²) in [6.45, 7) is 0. The molecule has 2 rings (SSSR count). The van der Waals surface area contributed by atoms with Crippen LogP contribution in [0.2, 0.25) is 0 Å². The van der Waals surface area contributed by atoms with E-state index >= 15 is 0 Å². The Balaban J connectivity index is 2.61. The molecule has 0 saturated heterocycles. The molecular weight excluding hydrogens is 406 g/mol. The van der Waals surface area contributed by atoms with Gasteiger partial charge >= 0.3 is 5.82 Å². The Bertz CT molecular complexity index is 417. The topological polar surface area (TPSA) is 42.6 Å². The molecule has 0 radical (unpaired) electrons. The lowest BCUT2D eigenvalue weighted by molar-refractivity contribution is -0.431. The van der Waals surface area contributed by atoms with E-state index in [1.165, 1.54) is 6.33 Å². The van der Waals surface area contributed by atoms with Crippen molar-refractivity contribution in [3.05, 3.63) is 34.7 Å². The van der Waals surface area contributed by atoms with Crippen LogP contribution < -0.4 is 2.78 Å². The zero-order valence-electron chi connectivity index (χ0n) is 6.93. The molecule has 0 spiro atoms. The Morgan fingerprint density at radius 2 is 2.14 bits per heavy atom. The summed E-state index contributed by atoms with van der Waals surface area (Å²) in [4.78, 5) is 12.4. The molecule has 4 nitrogen and oxygen atoms in total. The van der Waals surface area contributed by atoms with Gasteiger partial charge < -0.3 is 0 Å². The number of rotatable bonds is 1. The molecule has 0 aromatic carbocycles. The van der Waals surface area contributed by atoms with E-state index in [0.29, 0.717) is 0 Å². The first-order valence-electron chi connectivity index (χ1n) is 3.78. The molecule has 70 valence electrons. The molecule has 14 heavy (non-hydrogen) atoms. The maximum atomic E-state index is 4.28. The SMILES string of the molecule is Ic1ncncc1-c1nccc[n+]1I. The minimum Gasteiger partial charge on any atom is -0.244 e. The summed E-state index contributed by atoms with van der Waals surface area (Å²) in [5, 5.41) is 0. The molecule has 0 aliphatic carbocycles. The zero-order chi connectivity index (χ0) is 9.97. The average Bonchev–Trinajstić information content (AvgIpc) is 2.20. The second-order valence-corrected chi connectivity index (χ2v) is 4.54. The molecule has 2 aromatic heterocycles. The van der Waals surface area contributed by atoms with E-state index in [1.54, 1.807) is 12.4 Å². The minimum absolute atomic E-state index is 0.859. The maximum Gasteiger partial charge on any atom is 0.342 e. The van der Waals surface area contributed by atoms with Gasteiger partial charge in [-0.3, -0.25) is 0 Å².